The average molecular weight is 382 g/mol. The number of rotatable bonds is 5. The summed E-state index contributed by atoms with van der Waals surface area (Å²) in [6, 6.07) is 9.05. The minimum atomic E-state index is -2.43. The zero-order valence-corrected chi connectivity index (χ0v) is 16.1. The number of amides is 1. The highest BCUT2D eigenvalue weighted by Crippen LogP contribution is 2.37. The van der Waals surface area contributed by atoms with Crippen LogP contribution in [-0.2, 0) is 11.3 Å². The molecule has 1 aromatic heterocycles. The van der Waals surface area contributed by atoms with E-state index in [0.717, 1.165) is 27.6 Å². The lowest BCUT2D eigenvalue weighted by molar-refractivity contribution is 0.100. The summed E-state index contributed by atoms with van der Waals surface area (Å²) in [5.74, 6) is -0.500. The summed E-state index contributed by atoms with van der Waals surface area (Å²) in [6.07, 6.45) is 5.00. The van der Waals surface area contributed by atoms with Gasteiger partial charge in [0, 0.05) is 17.8 Å². The highest BCUT2D eigenvalue weighted by atomic mass is 32.2. The van der Waals surface area contributed by atoms with Crippen LogP contribution >= 0.6 is 0 Å². The first-order valence-electron chi connectivity index (χ1n) is 8.38. The quantitative estimate of drug-likeness (QED) is 0.658. The molecule has 0 bridgehead atoms. The van der Waals surface area contributed by atoms with Crippen LogP contribution in [0.5, 0.6) is 0 Å². The number of nitrogens with zero attached hydrogens (tertiary/aromatic N) is 1. The summed E-state index contributed by atoms with van der Waals surface area (Å²) in [5.41, 5.74) is 10.8. The topological polar surface area (TPSA) is 102 Å². The molecule has 0 saturated heterocycles. The second kappa shape index (κ2) is 7.38. The van der Waals surface area contributed by atoms with Crippen molar-refractivity contribution in [1.29, 1.82) is 0 Å². The number of nitrogens with one attached hydrogen (secondary N) is 1. The van der Waals surface area contributed by atoms with Crippen molar-refractivity contribution in [1.82, 2.24) is 4.98 Å². The number of anilines is 1. The molecule has 0 aliphatic rings. The van der Waals surface area contributed by atoms with Crippen LogP contribution in [0, 0.1) is 13.8 Å². The number of nitrogens with two attached hydrogens (primary N) is 1. The zero-order valence-electron chi connectivity index (χ0n) is 15.3. The Labute approximate surface area is 160 Å². The van der Waals surface area contributed by atoms with Gasteiger partial charge in [-0.25, -0.2) is 0 Å². The molecule has 0 saturated carbocycles. The second-order valence-corrected chi connectivity index (χ2v) is 7.05. The van der Waals surface area contributed by atoms with Crippen LogP contribution in [0.25, 0.3) is 22.0 Å². The lowest BCUT2D eigenvalue weighted by Crippen LogP contribution is -2.19. The summed E-state index contributed by atoms with van der Waals surface area (Å²) < 4.78 is 24.5. The van der Waals surface area contributed by atoms with Gasteiger partial charge in [0.15, 0.2) is 0 Å². The number of hydrogen-bond donors (Lipinski definition) is 2. The Balaban J connectivity index is 2.29. The van der Waals surface area contributed by atoms with E-state index in [1.54, 1.807) is 25.1 Å². The van der Waals surface area contributed by atoms with Gasteiger partial charge in [0.25, 0.3) is 5.91 Å². The number of benzene rings is 2. The van der Waals surface area contributed by atoms with Gasteiger partial charge in [-0.05, 0) is 55.2 Å². The Morgan fingerprint density at radius 2 is 1.96 bits per heavy atom. The van der Waals surface area contributed by atoms with Crippen molar-refractivity contribution in [2.24, 2.45) is 5.73 Å². The minimum Gasteiger partial charge on any atom is -0.755 e. The molecule has 2 aromatic carbocycles. The molecule has 0 aliphatic heterocycles. The first-order chi connectivity index (χ1) is 12.9. The average Bonchev–Trinajstić information content (AvgIpc) is 3.01. The van der Waals surface area contributed by atoms with Crippen LogP contribution in [0.15, 0.2) is 48.8 Å². The number of fused-ring (bicyclic) bond motifs is 1. The van der Waals surface area contributed by atoms with Gasteiger partial charge in [-0.15, -0.1) is 0 Å². The van der Waals surface area contributed by atoms with Crippen molar-refractivity contribution in [2.75, 3.05) is 4.31 Å². The minimum absolute atomic E-state index is 0.423. The van der Waals surface area contributed by atoms with Crippen molar-refractivity contribution < 1.29 is 13.6 Å². The summed E-state index contributed by atoms with van der Waals surface area (Å²) in [7, 11) is 0. The fourth-order valence-electron chi connectivity index (χ4n) is 3.34. The third-order valence-corrected chi connectivity index (χ3v) is 5.22. The highest BCUT2D eigenvalue weighted by molar-refractivity contribution is 7.80. The van der Waals surface area contributed by atoms with Crippen molar-refractivity contribution in [3.63, 3.8) is 0 Å². The predicted molar refractivity (Wildman–Crippen MR) is 108 cm³/mol. The van der Waals surface area contributed by atoms with Crippen LogP contribution in [0.4, 0.5) is 5.69 Å². The number of aryl methyl sites for hydroxylation is 1. The van der Waals surface area contributed by atoms with Crippen molar-refractivity contribution in [3.8, 4) is 11.1 Å². The van der Waals surface area contributed by atoms with Gasteiger partial charge in [0.1, 0.15) is 0 Å². The predicted octanol–water partition coefficient (Wildman–Crippen LogP) is 3.68. The molecule has 7 heteroatoms. The molecular weight excluding hydrogens is 362 g/mol. The Morgan fingerprint density at radius 3 is 2.59 bits per heavy atom. The maximum atomic E-state index is 11.7. The summed E-state index contributed by atoms with van der Waals surface area (Å²) >= 11 is -2.43. The lowest BCUT2D eigenvalue weighted by atomic mass is 9.93. The summed E-state index contributed by atoms with van der Waals surface area (Å²) in [5, 5.41) is 0.896. The van der Waals surface area contributed by atoms with E-state index in [1.165, 1.54) is 10.5 Å². The third-order valence-electron chi connectivity index (χ3n) is 4.58. The van der Waals surface area contributed by atoms with Gasteiger partial charge < -0.3 is 15.3 Å². The molecule has 1 amide bonds. The van der Waals surface area contributed by atoms with Crippen molar-refractivity contribution in [2.45, 2.75) is 20.8 Å². The van der Waals surface area contributed by atoms with Crippen LogP contribution in [0.2, 0.25) is 0 Å². The molecule has 0 aliphatic carbocycles. The summed E-state index contributed by atoms with van der Waals surface area (Å²) in [4.78, 5) is 14.9. The number of hydrogen-bond acceptors (Lipinski definition) is 3. The third kappa shape index (κ3) is 3.27. The van der Waals surface area contributed by atoms with Crippen molar-refractivity contribution >= 4 is 33.8 Å². The zero-order chi connectivity index (χ0) is 19.7. The molecule has 3 aromatic rings. The number of aromatic amines is 1. The molecule has 1 heterocycles. The Kier molecular flexibility index (Phi) is 5.16. The van der Waals surface area contributed by atoms with Crippen molar-refractivity contribution in [3.05, 3.63) is 65.5 Å². The maximum absolute atomic E-state index is 11.7. The molecule has 140 valence electrons. The molecule has 6 nitrogen and oxygen atoms in total. The van der Waals surface area contributed by atoms with E-state index in [9.17, 15) is 13.6 Å². The van der Waals surface area contributed by atoms with Crippen LogP contribution in [0.1, 0.15) is 28.4 Å². The molecule has 3 rings (SSSR count). The maximum Gasteiger partial charge on any atom is 0.250 e. The van der Waals surface area contributed by atoms with Crippen LogP contribution in [-0.4, -0.2) is 19.7 Å². The molecule has 1 atom stereocenters. The standard InChI is InChI=1S/C20H21N3O3S/c1-4-10-23(27(25)26)17-7-5-6-14(13(17)3)15-8-9-16(20(21)24)19-18(15)12(2)11-22-19/h4-11,22H,1-3H3,(H2,21,24)(H,25,26)/p-1. The number of primary amides is 1. The molecule has 0 fully saturated rings. The number of H-pyrrole nitrogens is 1. The number of carbonyl (C=O) groups is 1. The van der Waals surface area contributed by atoms with Gasteiger partial charge in [-0.2, -0.15) is 0 Å². The molecule has 3 N–H and O–H groups in total. The molecule has 0 spiro atoms. The van der Waals surface area contributed by atoms with E-state index in [-0.39, 0.29) is 0 Å². The molecular formula is C20H20N3O3S-. The normalized spacial score (nSPS) is 12.6. The molecule has 27 heavy (non-hydrogen) atoms. The summed E-state index contributed by atoms with van der Waals surface area (Å²) in [6.45, 7) is 5.59. The lowest BCUT2D eigenvalue weighted by Gasteiger charge is -2.25. The van der Waals surface area contributed by atoms with Crippen LogP contribution in [0.3, 0.4) is 0 Å². The van der Waals surface area contributed by atoms with Crippen LogP contribution < -0.4 is 10.0 Å². The van der Waals surface area contributed by atoms with E-state index < -0.39 is 17.2 Å². The van der Waals surface area contributed by atoms with E-state index in [4.69, 9.17) is 5.73 Å². The fraction of sp³-hybridized carbons (Fsp3) is 0.150. The SMILES string of the molecule is CC=CN(c1cccc(-c2ccc(C(N)=O)c3[nH]cc(C)c23)c1C)S(=O)[O-]. The highest BCUT2D eigenvalue weighted by Gasteiger charge is 2.17. The second-order valence-electron chi connectivity index (χ2n) is 6.22. The molecule has 0 radical (unpaired) electrons. The Bertz CT molecular complexity index is 1090. The van der Waals surface area contributed by atoms with Gasteiger partial charge in [0.05, 0.1) is 28.0 Å². The van der Waals surface area contributed by atoms with E-state index in [2.05, 4.69) is 4.98 Å². The molecule has 1 unspecified atom stereocenters. The van der Waals surface area contributed by atoms with Gasteiger partial charge in [-0.3, -0.25) is 13.3 Å². The van der Waals surface area contributed by atoms with E-state index in [1.807, 2.05) is 38.2 Å². The first-order valence-corrected chi connectivity index (χ1v) is 9.42. The number of carbonyl (C=O) groups excluding carboxylic acids is 1. The Morgan fingerprint density at radius 1 is 1.22 bits per heavy atom. The first kappa shape index (κ1) is 18.9. The van der Waals surface area contributed by atoms with E-state index >= 15 is 0 Å². The number of aromatic nitrogens is 1. The smallest absolute Gasteiger partial charge is 0.250 e. The van der Waals surface area contributed by atoms with Gasteiger partial charge in [-0.1, -0.05) is 24.3 Å². The van der Waals surface area contributed by atoms with Gasteiger partial charge in [0.2, 0.25) is 0 Å². The number of allylic oxidation sites excluding steroid dienone is 1. The van der Waals surface area contributed by atoms with E-state index in [0.29, 0.717) is 16.8 Å². The monoisotopic (exact) mass is 382 g/mol. The largest absolute Gasteiger partial charge is 0.755 e. The van der Waals surface area contributed by atoms with Gasteiger partial charge >= 0.3 is 0 Å². The Hall–Kier alpha value is -2.90. The fourth-order valence-corrected chi connectivity index (χ4v) is 3.92.